The number of carbonyl (C=O) groups is 1. The van der Waals surface area contributed by atoms with E-state index in [1.165, 1.54) is 24.3 Å². The van der Waals surface area contributed by atoms with Crippen LogP contribution < -0.4 is 4.72 Å². The quantitative estimate of drug-likeness (QED) is 0.408. The van der Waals surface area contributed by atoms with Crippen molar-refractivity contribution in [1.82, 2.24) is 4.98 Å². The van der Waals surface area contributed by atoms with E-state index in [0.29, 0.717) is 23.0 Å². The first-order valence-corrected chi connectivity index (χ1v) is 11.3. The van der Waals surface area contributed by atoms with E-state index in [4.69, 9.17) is 9.15 Å². The molecule has 1 heterocycles. The lowest BCUT2D eigenvalue weighted by atomic mass is 10.2. The average molecular weight is 449 g/mol. The molecule has 0 unspecified atom stereocenters. The fourth-order valence-corrected chi connectivity index (χ4v) is 4.03. The fourth-order valence-electron chi connectivity index (χ4n) is 2.97. The number of esters is 1. The second-order valence-electron chi connectivity index (χ2n) is 6.96. The van der Waals surface area contributed by atoms with Gasteiger partial charge in [-0.1, -0.05) is 36.4 Å². The van der Waals surface area contributed by atoms with Gasteiger partial charge in [-0.3, -0.25) is 4.72 Å². The maximum atomic E-state index is 12.5. The van der Waals surface area contributed by atoms with Crippen molar-refractivity contribution in [1.29, 1.82) is 0 Å². The highest BCUT2D eigenvalue weighted by Gasteiger charge is 2.17. The predicted molar refractivity (Wildman–Crippen MR) is 119 cm³/mol. The van der Waals surface area contributed by atoms with Gasteiger partial charge in [-0.2, -0.15) is 0 Å². The maximum absolute atomic E-state index is 12.5. The Kier molecular flexibility index (Phi) is 6.04. The summed E-state index contributed by atoms with van der Waals surface area (Å²) in [5.41, 5.74) is 2.03. The summed E-state index contributed by atoms with van der Waals surface area (Å²) in [7, 11) is -3.76. The number of anilines is 1. The molecule has 4 aromatic rings. The van der Waals surface area contributed by atoms with Gasteiger partial charge >= 0.3 is 5.97 Å². The van der Waals surface area contributed by atoms with Gasteiger partial charge in [-0.05, 0) is 55.5 Å². The van der Waals surface area contributed by atoms with E-state index in [-0.39, 0.29) is 17.1 Å². The van der Waals surface area contributed by atoms with Crippen LogP contribution >= 0.6 is 0 Å². The van der Waals surface area contributed by atoms with Crippen LogP contribution in [0, 0.1) is 6.92 Å². The van der Waals surface area contributed by atoms with E-state index in [1.807, 2.05) is 30.3 Å². The van der Waals surface area contributed by atoms with Gasteiger partial charge in [0.1, 0.15) is 18.1 Å². The van der Waals surface area contributed by atoms with E-state index >= 15 is 0 Å². The molecular weight excluding hydrogens is 428 g/mol. The lowest BCUT2D eigenvalue weighted by molar-refractivity contribution is 0.0467. The molecule has 4 rings (SSSR count). The summed E-state index contributed by atoms with van der Waals surface area (Å²) < 4.78 is 38.5. The van der Waals surface area contributed by atoms with Crippen LogP contribution in [0.4, 0.5) is 5.69 Å². The summed E-state index contributed by atoms with van der Waals surface area (Å²) in [5, 5.41) is 0. The van der Waals surface area contributed by atoms with Crippen molar-refractivity contribution in [2.75, 3.05) is 4.72 Å². The Morgan fingerprint density at radius 3 is 2.22 bits per heavy atom. The summed E-state index contributed by atoms with van der Waals surface area (Å²) in [6.07, 6.45) is 0. The Balaban J connectivity index is 1.41. The van der Waals surface area contributed by atoms with Crippen molar-refractivity contribution in [3.8, 4) is 11.5 Å². The Hall–Kier alpha value is -3.91. The zero-order valence-corrected chi connectivity index (χ0v) is 18.0. The fraction of sp³-hybridized carbons (Fsp3) is 0.0833. The third-order valence-corrected chi connectivity index (χ3v) is 6.08. The number of benzene rings is 3. The van der Waals surface area contributed by atoms with Crippen molar-refractivity contribution < 1.29 is 22.4 Å². The van der Waals surface area contributed by atoms with Crippen LogP contribution in [0.5, 0.6) is 0 Å². The van der Waals surface area contributed by atoms with Crippen LogP contribution in [-0.2, 0) is 21.4 Å². The number of ether oxygens (including phenoxy) is 1. The normalized spacial score (nSPS) is 11.2. The molecular formula is C24H20N2O5S. The number of aryl methyl sites for hydroxylation is 1. The molecule has 0 atom stereocenters. The Morgan fingerprint density at radius 1 is 0.938 bits per heavy atom. The minimum Gasteiger partial charge on any atom is -0.455 e. The van der Waals surface area contributed by atoms with Crippen molar-refractivity contribution in [3.63, 3.8) is 0 Å². The molecule has 32 heavy (non-hydrogen) atoms. The van der Waals surface area contributed by atoms with E-state index in [0.717, 1.165) is 5.56 Å². The third kappa shape index (κ3) is 4.87. The van der Waals surface area contributed by atoms with Crippen molar-refractivity contribution in [3.05, 3.63) is 102 Å². The standard InChI is InChI=1S/C24H20N2O5S/c1-17-22(25-23(31-17)18-8-4-2-5-9-18)16-30-24(27)19-12-14-21(15-13-19)32(28,29)26-20-10-6-3-7-11-20/h2-15,26H,16H2,1H3. The molecule has 0 spiro atoms. The summed E-state index contributed by atoms with van der Waals surface area (Å²) in [6, 6.07) is 23.5. The first-order chi connectivity index (χ1) is 15.4. The monoisotopic (exact) mass is 448 g/mol. The van der Waals surface area contributed by atoms with Gasteiger partial charge in [0.15, 0.2) is 0 Å². The minimum absolute atomic E-state index is 0.0396. The average Bonchev–Trinajstić information content (AvgIpc) is 3.19. The Labute approximate surface area is 185 Å². The molecule has 0 amide bonds. The predicted octanol–water partition coefficient (Wildman–Crippen LogP) is 4.81. The maximum Gasteiger partial charge on any atom is 0.338 e. The molecule has 1 aromatic heterocycles. The number of hydrogen-bond acceptors (Lipinski definition) is 6. The molecule has 0 fully saturated rings. The highest BCUT2D eigenvalue weighted by atomic mass is 32.2. The number of nitrogens with one attached hydrogen (secondary N) is 1. The van der Waals surface area contributed by atoms with Crippen molar-refractivity contribution >= 4 is 21.7 Å². The second kappa shape index (κ2) is 9.07. The molecule has 162 valence electrons. The van der Waals surface area contributed by atoms with Crippen LogP contribution in [0.3, 0.4) is 0 Å². The topological polar surface area (TPSA) is 98.5 Å². The number of oxazole rings is 1. The van der Waals surface area contributed by atoms with Gasteiger partial charge in [0.2, 0.25) is 5.89 Å². The van der Waals surface area contributed by atoms with E-state index in [9.17, 15) is 13.2 Å². The molecule has 0 saturated carbocycles. The first-order valence-electron chi connectivity index (χ1n) is 9.79. The summed E-state index contributed by atoms with van der Waals surface area (Å²) in [4.78, 5) is 16.9. The van der Waals surface area contributed by atoms with Gasteiger partial charge in [0.25, 0.3) is 10.0 Å². The molecule has 3 aromatic carbocycles. The molecule has 8 heteroatoms. The number of rotatable bonds is 7. The lowest BCUT2D eigenvalue weighted by Crippen LogP contribution is -2.13. The van der Waals surface area contributed by atoms with E-state index in [1.54, 1.807) is 37.3 Å². The van der Waals surface area contributed by atoms with Gasteiger partial charge in [-0.25, -0.2) is 18.2 Å². The number of sulfonamides is 1. The third-order valence-electron chi connectivity index (χ3n) is 4.68. The van der Waals surface area contributed by atoms with Crippen LogP contribution in [-0.4, -0.2) is 19.4 Å². The van der Waals surface area contributed by atoms with Crippen LogP contribution in [0.25, 0.3) is 11.5 Å². The smallest absolute Gasteiger partial charge is 0.338 e. The van der Waals surface area contributed by atoms with Crippen molar-refractivity contribution in [2.45, 2.75) is 18.4 Å². The molecule has 0 saturated heterocycles. The van der Waals surface area contributed by atoms with Gasteiger partial charge in [0, 0.05) is 11.3 Å². The first kappa shape index (κ1) is 21.3. The number of para-hydroxylation sites is 1. The zero-order valence-electron chi connectivity index (χ0n) is 17.2. The lowest BCUT2D eigenvalue weighted by Gasteiger charge is -2.08. The highest BCUT2D eigenvalue weighted by molar-refractivity contribution is 7.92. The molecule has 0 aliphatic rings. The molecule has 1 N–H and O–H groups in total. The minimum atomic E-state index is -3.76. The Morgan fingerprint density at radius 2 is 1.56 bits per heavy atom. The summed E-state index contributed by atoms with van der Waals surface area (Å²) >= 11 is 0. The van der Waals surface area contributed by atoms with Gasteiger partial charge < -0.3 is 9.15 Å². The van der Waals surface area contributed by atoms with Crippen LogP contribution in [0.2, 0.25) is 0 Å². The number of hydrogen-bond donors (Lipinski definition) is 1. The zero-order chi connectivity index (χ0) is 22.6. The van der Waals surface area contributed by atoms with Crippen LogP contribution in [0.15, 0.2) is 94.2 Å². The van der Waals surface area contributed by atoms with E-state index < -0.39 is 16.0 Å². The van der Waals surface area contributed by atoms with Gasteiger partial charge in [0.05, 0.1) is 10.5 Å². The number of carbonyl (C=O) groups excluding carboxylic acids is 1. The number of nitrogens with zero attached hydrogens (tertiary/aromatic N) is 1. The molecule has 0 aliphatic carbocycles. The van der Waals surface area contributed by atoms with E-state index in [2.05, 4.69) is 9.71 Å². The molecule has 0 aliphatic heterocycles. The largest absolute Gasteiger partial charge is 0.455 e. The SMILES string of the molecule is Cc1oc(-c2ccccc2)nc1COC(=O)c1ccc(S(=O)(=O)Nc2ccccc2)cc1. The Bertz CT molecular complexity index is 1320. The molecule has 7 nitrogen and oxygen atoms in total. The molecule has 0 bridgehead atoms. The number of aromatic nitrogens is 1. The molecule has 0 radical (unpaired) electrons. The second-order valence-corrected chi connectivity index (χ2v) is 8.64. The van der Waals surface area contributed by atoms with Crippen molar-refractivity contribution in [2.24, 2.45) is 0 Å². The summed E-state index contributed by atoms with van der Waals surface area (Å²) in [5.74, 6) is 0.424. The highest BCUT2D eigenvalue weighted by Crippen LogP contribution is 2.22. The van der Waals surface area contributed by atoms with Crippen LogP contribution in [0.1, 0.15) is 21.8 Å². The van der Waals surface area contributed by atoms with Gasteiger partial charge in [-0.15, -0.1) is 0 Å². The summed E-state index contributed by atoms with van der Waals surface area (Å²) in [6.45, 7) is 1.69.